The summed E-state index contributed by atoms with van der Waals surface area (Å²) < 4.78 is 1.07. The molecule has 29 heavy (non-hydrogen) atoms. The number of thioether (sulfide) groups is 1. The Morgan fingerprint density at radius 2 is 1.62 bits per heavy atom. The molecule has 0 radical (unpaired) electrons. The van der Waals surface area contributed by atoms with Crippen LogP contribution in [0.2, 0.25) is 0 Å². The lowest BCUT2D eigenvalue weighted by molar-refractivity contribution is 0.112. The predicted molar refractivity (Wildman–Crippen MR) is 132 cm³/mol. The molecule has 156 valence electrons. The quantitative estimate of drug-likeness (QED) is 0.244. The highest BCUT2D eigenvalue weighted by molar-refractivity contribution is 9.10. The number of hydrogen-bond acceptors (Lipinski definition) is 3. The molecule has 1 atom stereocenters. The summed E-state index contributed by atoms with van der Waals surface area (Å²) in [5.74, 6) is 0. The van der Waals surface area contributed by atoms with E-state index in [9.17, 15) is 5.11 Å². The zero-order valence-corrected chi connectivity index (χ0v) is 20.2. The zero-order valence-electron chi connectivity index (χ0n) is 17.7. The number of unbranched alkanes of at least 4 members (excludes halogenated alkanes) is 2. The summed E-state index contributed by atoms with van der Waals surface area (Å²) in [6.45, 7) is 7.26. The van der Waals surface area contributed by atoms with Crippen molar-refractivity contribution in [1.29, 1.82) is 0 Å². The molecule has 3 aromatic rings. The van der Waals surface area contributed by atoms with Gasteiger partial charge in [0, 0.05) is 15.9 Å². The van der Waals surface area contributed by atoms with Gasteiger partial charge in [0.15, 0.2) is 0 Å². The van der Waals surface area contributed by atoms with Crippen LogP contribution in [0.1, 0.15) is 51.2 Å². The second kappa shape index (κ2) is 10.8. The molecule has 0 heterocycles. The Labute approximate surface area is 187 Å². The van der Waals surface area contributed by atoms with Crippen molar-refractivity contribution in [2.75, 3.05) is 25.9 Å². The van der Waals surface area contributed by atoms with Crippen molar-refractivity contribution in [2.45, 2.75) is 50.5 Å². The maximum Gasteiger partial charge on any atom is 0.0923 e. The van der Waals surface area contributed by atoms with Crippen LogP contribution >= 0.6 is 27.7 Å². The van der Waals surface area contributed by atoms with Gasteiger partial charge in [-0.15, -0.1) is 11.8 Å². The molecule has 0 saturated carbocycles. The third-order valence-corrected chi connectivity index (χ3v) is 6.82. The van der Waals surface area contributed by atoms with E-state index < -0.39 is 6.10 Å². The molecule has 0 saturated heterocycles. The fourth-order valence-corrected chi connectivity index (χ4v) is 4.76. The molecule has 0 aliphatic carbocycles. The zero-order chi connectivity index (χ0) is 20.8. The Balaban J connectivity index is 2.03. The molecule has 0 aromatic heterocycles. The molecule has 0 fully saturated rings. The number of halogens is 1. The molecular formula is C25H32BrNOS. The minimum absolute atomic E-state index is 0.491. The van der Waals surface area contributed by atoms with Gasteiger partial charge in [0.2, 0.25) is 0 Å². The van der Waals surface area contributed by atoms with E-state index in [-0.39, 0.29) is 0 Å². The second-order valence-corrected chi connectivity index (χ2v) is 9.56. The minimum atomic E-state index is -0.491. The van der Waals surface area contributed by atoms with E-state index in [1.165, 1.54) is 46.7 Å². The summed E-state index contributed by atoms with van der Waals surface area (Å²) >= 11 is 5.37. The van der Waals surface area contributed by atoms with Crippen LogP contribution in [0.5, 0.6) is 0 Å². The van der Waals surface area contributed by atoms with Crippen molar-refractivity contribution in [3.8, 4) is 0 Å². The first-order valence-corrected chi connectivity index (χ1v) is 12.7. The number of aliphatic hydroxyl groups is 1. The van der Waals surface area contributed by atoms with Crippen molar-refractivity contribution in [1.82, 2.24) is 4.90 Å². The van der Waals surface area contributed by atoms with Crippen LogP contribution in [0, 0.1) is 0 Å². The van der Waals surface area contributed by atoms with Crippen LogP contribution in [0.25, 0.3) is 21.5 Å². The van der Waals surface area contributed by atoms with Gasteiger partial charge < -0.3 is 10.0 Å². The molecule has 4 heteroatoms. The summed E-state index contributed by atoms with van der Waals surface area (Å²) in [5, 5.41) is 16.1. The number of aliphatic hydroxyl groups excluding tert-OH is 1. The lowest BCUT2D eigenvalue weighted by Gasteiger charge is -2.26. The number of nitrogens with zero attached hydrogens (tertiary/aromatic N) is 1. The minimum Gasteiger partial charge on any atom is -0.387 e. The fraction of sp³-hybridized carbons (Fsp3) is 0.440. The Bertz CT molecular complexity index is 950. The van der Waals surface area contributed by atoms with Gasteiger partial charge in [0.25, 0.3) is 0 Å². The van der Waals surface area contributed by atoms with Crippen molar-refractivity contribution >= 4 is 49.2 Å². The van der Waals surface area contributed by atoms with Crippen LogP contribution < -0.4 is 0 Å². The molecule has 2 nitrogen and oxygen atoms in total. The Morgan fingerprint density at radius 1 is 0.931 bits per heavy atom. The molecular weight excluding hydrogens is 442 g/mol. The summed E-state index contributed by atoms with van der Waals surface area (Å²) in [7, 11) is 0. The number of rotatable bonds is 10. The molecule has 3 rings (SSSR count). The lowest BCUT2D eigenvalue weighted by Crippen LogP contribution is -2.30. The van der Waals surface area contributed by atoms with E-state index in [1.807, 2.05) is 0 Å². The van der Waals surface area contributed by atoms with E-state index in [2.05, 4.69) is 83.4 Å². The SMILES string of the molecule is CCCCN(CCCC)CC(O)c1cc2cc(Br)ccc2c2cc(SC)ccc12. The molecule has 0 aliphatic heterocycles. The van der Waals surface area contributed by atoms with E-state index in [0.29, 0.717) is 6.54 Å². The molecule has 0 bridgehead atoms. The standard InChI is InChI=1S/C25H32BrNOS/c1-4-6-12-27(13-7-5-2)17-25(28)24-15-18-14-19(26)8-10-21(18)23-16-20(29-3)9-11-22(23)24/h8-11,14-16,25,28H,4-7,12-13,17H2,1-3H3. The molecule has 0 spiro atoms. The molecule has 3 aromatic carbocycles. The van der Waals surface area contributed by atoms with E-state index in [1.54, 1.807) is 11.8 Å². The third-order valence-electron chi connectivity index (χ3n) is 5.60. The van der Waals surface area contributed by atoms with Crippen LogP contribution in [0.3, 0.4) is 0 Å². The fourth-order valence-electron chi connectivity index (χ4n) is 3.94. The second-order valence-electron chi connectivity index (χ2n) is 7.77. The van der Waals surface area contributed by atoms with E-state index in [4.69, 9.17) is 0 Å². The number of hydrogen-bond donors (Lipinski definition) is 1. The average Bonchev–Trinajstić information content (AvgIpc) is 2.74. The average molecular weight is 475 g/mol. The highest BCUT2D eigenvalue weighted by Gasteiger charge is 2.18. The normalized spacial score (nSPS) is 12.9. The van der Waals surface area contributed by atoms with Crippen LogP contribution in [0.15, 0.2) is 51.8 Å². The Hall–Kier alpha value is -1.07. The highest BCUT2D eigenvalue weighted by Crippen LogP contribution is 2.35. The smallest absolute Gasteiger partial charge is 0.0923 e. The van der Waals surface area contributed by atoms with Gasteiger partial charge in [-0.25, -0.2) is 0 Å². The topological polar surface area (TPSA) is 23.5 Å². The van der Waals surface area contributed by atoms with Crippen LogP contribution in [-0.4, -0.2) is 35.9 Å². The van der Waals surface area contributed by atoms with Gasteiger partial charge in [-0.1, -0.05) is 54.8 Å². The van der Waals surface area contributed by atoms with Crippen molar-refractivity contribution in [2.24, 2.45) is 0 Å². The van der Waals surface area contributed by atoms with E-state index in [0.717, 1.165) is 28.5 Å². The van der Waals surface area contributed by atoms with Crippen LogP contribution in [-0.2, 0) is 0 Å². The Morgan fingerprint density at radius 3 is 2.28 bits per heavy atom. The summed E-state index contributed by atoms with van der Waals surface area (Å²) in [4.78, 5) is 3.69. The highest BCUT2D eigenvalue weighted by atomic mass is 79.9. The maximum absolute atomic E-state index is 11.3. The first-order chi connectivity index (χ1) is 14.1. The number of benzene rings is 3. The molecule has 1 unspecified atom stereocenters. The molecule has 1 N–H and O–H groups in total. The van der Waals surface area contributed by atoms with Gasteiger partial charge in [0.05, 0.1) is 6.10 Å². The predicted octanol–water partition coefficient (Wildman–Crippen LogP) is 7.41. The maximum atomic E-state index is 11.3. The first-order valence-electron chi connectivity index (χ1n) is 10.7. The van der Waals surface area contributed by atoms with Crippen molar-refractivity contribution in [3.05, 3.63) is 52.5 Å². The molecule has 0 aliphatic rings. The van der Waals surface area contributed by atoms with Gasteiger partial charge in [-0.2, -0.15) is 0 Å². The summed E-state index contributed by atoms with van der Waals surface area (Å²) in [6, 6.07) is 15.2. The molecule has 0 amide bonds. The van der Waals surface area contributed by atoms with Gasteiger partial charge in [-0.05, 0) is 89.6 Å². The van der Waals surface area contributed by atoms with Crippen molar-refractivity contribution < 1.29 is 5.11 Å². The van der Waals surface area contributed by atoms with Gasteiger partial charge in [-0.3, -0.25) is 0 Å². The van der Waals surface area contributed by atoms with Crippen LogP contribution in [0.4, 0.5) is 0 Å². The first kappa shape index (κ1) is 22.6. The van der Waals surface area contributed by atoms with E-state index >= 15 is 0 Å². The van der Waals surface area contributed by atoms with Crippen molar-refractivity contribution in [3.63, 3.8) is 0 Å². The number of fused-ring (bicyclic) bond motifs is 3. The Kier molecular flexibility index (Phi) is 8.43. The van der Waals surface area contributed by atoms with Gasteiger partial charge in [0.1, 0.15) is 0 Å². The third kappa shape index (κ3) is 5.55. The largest absolute Gasteiger partial charge is 0.387 e. The lowest BCUT2D eigenvalue weighted by atomic mass is 9.94. The summed E-state index contributed by atoms with van der Waals surface area (Å²) in [5.41, 5.74) is 1.04. The summed E-state index contributed by atoms with van der Waals surface area (Å²) in [6.07, 6.45) is 6.34. The van der Waals surface area contributed by atoms with Gasteiger partial charge >= 0.3 is 0 Å². The monoisotopic (exact) mass is 473 g/mol.